The zero-order chi connectivity index (χ0) is 15.4. The molecule has 0 aliphatic carbocycles. The van der Waals surface area contributed by atoms with Crippen LogP contribution in [-0.2, 0) is 0 Å². The zero-order valence-corrected chi connectivity index (χ0v) is 12.5. The van der Waals surface area contributed by atoms with Crippen molar-refractivity contribution in [1.82, 2.24) is 14.8 Å². The van der Waals surface area contributed by atoms with E-state index in [1.165, 1.54) is 12.3 Å². The van der Waals surface area contributed by atoms with E-state index in [0.717, 1.165) is 19.5 Å². The first-order valence-electron chi connectivity index (χ1n) is 7.23. The fourth-order valence-electron chi connectivity index (χ4n) is 2.50. The van der Waals surface area contributed by atoms with Crippen molar-refractivity contribution in [3.8, 4) is 0 Å². The summed E-state index contributed by atoms with van der Waals surface area (Å²) in [6.07, 6.45) is 2.46. The average Bonchev–Trinajstić information content (AvgIpc) is 2.54. The zero-order valence-electron chi connectivity index (χ0n) is 12.5. The molecule has 1 unspecified atom stereocenters. The first-order valence-corrected chi connectivity index (χ1v) is 7.23. The molecule has 0 spiro atoms. The van der Waals surface area contributed by atoms with Crippen molar-refractivity contribution in [2.45, 2.75) is 26.3 Å². The molecule has 7 heteroatoms. The second kappa shape index (κ2) is 6.82. The van der Waals surface area contributed by atoms with Crippen LogP contribution in [0.2, 0.25) is 0 Å². The predicted octanol–water partition coefficient (Wildman–Crippen LogP) is 1.06. The number of anilines is 1. The van der Waals surface area contributed by atoms with E-state index in [1.54, 1.807) is 4.90 Å². The van der Waals surface area contributed by atoms with Gasteiger partial charge in [-0.25, -0.2) is 15.2 Å². The normalized spacial score (nSPS) is 17.6. The summed E-state index contributed by atoms with van der Waals surface area (Å²) in [5.41, 5.74) is 2.17. The van der Waals surface area contributed by atoms with Gasteiger partial charge in [0.2, 0.25) is 0 Å². The summed E-state index contributed by atoms with van der Waals surface area (Å²) in [6.45, 7) is 7.17. The lowest BCUT2D eigenvalue weighted by Crippen LogP contribution is -2.51. The van der Waals surface area contributed by atoms with Gasteiger partial charge in [0.25, 0.3) is 5.91 Å². The predicted molar refractivity (Wildman–Crippen MR) is 79.2 cm³/mol. The largest absolute Gasteiger partial charge is 0.336 e. The highest BCUT2D eigenvalue weighted by atomic mass is 19.1. The van der Waals surface area contributed by atoms with Crippen molar-refractivity contribution >= 4 is 11.7 Å². The van der Waals surface area contributed by atoms with Gasteiger partial charge in [-0.15, -0.1) is 0 Å². The van der Waals surface area contributed by atoms with Gasteiger partial charge in [-0.2, -0.15) is 0 Å². The standard InChI is InChI=1S/C14H22FN5O/c1-3-10(2)19-6-8-20(9-7-19)14(21)11-4-5-17-13(18-16)12(11)15/h4-5,10H,3,6-9,16H2,1-2H3,(H,17,18). The molecular weight excluding hydrogens is 273 g/mol. The molecule has 0 radical (unpaired) electrons. The summed E-state index contributed by atoms with van der Waals surface area (Å²) in [4.78, 5) is 20.2. The van der Waals surface area contributed by atoms with Gasteiger partial charge in [-0.05, 0) is 19.4 Å². The molecule has 6 nitrogen and oxygen atoms in total. The monoisotopic (exact) mass is 295 g/mol. The maximum absolute atomic E-state index is 14.1. The number of nitrogens with one attached hydrogen (secondary N) is 1. The number of carbonyl (C=O) groups is 1. The van der Waals surface area contributed by atoms with Crippen molar-refractivity contribution in [3.05, 3.63) is 23.6 Å². The number of nitrogens with two attached hydrogens (primary N) is 1. The molecule has 1 fully saturated rings. The Balaban J connectivity index is 2.06. The van der Waals surface area contributed by atoms with E-state index in [0.29, 0.717) is 19.1 Å². The number of carbonyl (C=O) groups excluding carboxylic acids is 1. The first-order chi connectivity index (χ1) is 10.1. The Labute approximate surface area is 124 Å². The van der Waals surface area contributed by atoms with Crippen molar-refractivity contribution in [2.75, 3.05) is 31.6 Å². The molecule has 116 valence electrons. The molecule has 1 aliphatic heterocycles. The SMILES string of the molecule is CCC(C)N1CCN(C(=O)c2ccnc(NN)c2F)CC1. The Morgan fingerprint density at radius 1 is 1.48 bits per heavy atom. The molecule has 1 aromatic heterocycles. The van der Waals surface area contributed by atoms with E-state index in [-0.39, 0.29) is 17.3 Å². The van der Waals surface area contributed by atoms with Crippen LogP contribution < -0.4 is 11.3 Å². The minimum atomic E-state index is -0.700. The Kier molecular flexibility index (Phi) is 5.08. The van der Waals surface area contributed by atoms with E-state index in [9.17, 15) is 9.18 Å². The lowest BCUT2D eigenvalue weighted by atomic mass is 10.1. The minimum Gasteiger partial charge on any atom is -0.336 e. The molecule has 2 heterocycles. The van der Waals surface area contributed by atoms with Gasteiger partial charge in [0, 0.05) is 38.4 Å². The van der Waals surface area contributed by atoms with E-state index in [4.69, 9.17) is 5.84 Å². The molecule has 0 saturated carbocycles. The third-order valence-electron chi connectivity index (χ3n) is 4.07. The maximum Gasteiger partial charge on any atom is 0.257 e. The molecule has 1 saturated heterocycles. The second-order valence-corrected chi connectivity index (χ2v) is 5.25. The van der Waals surface area contributed by atoms with Gasteiger partial charge < -0.3 is 10.3 Å². The summed E-state index contributed by atoms with van der Waals surface area (Å²) in [5, 5.41) is 0. The maximum atomic E-state index is 14.1. The van der Waals surface area contributed by atoms with Crippen LogP contribution in [0.25, 0.3) is 0 Å². The highest BCUT2D eigenvalue weighted by molar-refractivity contribution is 5.95. The number of piperazine rings is 1. The van der Waals surface area contributed by atoms with Crippen LogP contribution in [0, 0.1) is 5.82 Å². The van der Waals surface area contributed by atoms with Crippen LogP contribution in [0.4, 0.5) is 10.2 Å². The quantitative estimate of drug-likeness (QED) is 0.642. The van der Waals surface area contributed by atoms with Crippen molar-refractivity contribution in [3.63, 3.8) is 0 Å². The lowest BCUT2D eigenvalue weighted by Gasteiger charge is -2.37. The van der Waals surface area contributed by atoms with Crippen LogP contribution in [0.1, 0.15) is 30.6 Å². The van der Waals surface area contributed by atoms with Gasteiger partial charge in [-0.1, -0.05) is 6.92 Å². The fraction of sp³-hybridized carbons (Fsp3) is 0.571. The number of halogens is 1. The van der Waals surface area contributed by atoms with E-state index >= 15 is 0 Å². The highest BCUT2D eigenvalue weighted by Crippen LogP contribution is 2.17. The summed E-state index contributed by atoms with van der Waals surface area (Å²) in [7, 11) is 0. The molecule has 3 N–H and O–H groups in total. The number of rotatable bonds is 4. The van der Waals surface area contributed by atoms with Gasteiger partial charge in [-0.3, -0.25) is 9.69 Å². The van der Waals surface area contributed by atoms with Crippen LogP contribution in [0.3, 0.4) is 0 Å². The molecule has 1 atom stereocenters. The number of amides is 1. The van der Waals surface area contributed by atoms with Crippen molar-refractivity contribution in [2.24, 2.45) is 5.84 Å². The molecule has 0 aromatic carbocycles. The van der Waals surface area contributed by atoms with E-state index in [1.807, 2.05) is 0 Å². The third kappa shape index (κ3) is 3.30. The summed E-state index contributed by atoms with van der Waals surface area (Å²) >= 11 is 0. The number of hydrogen-bond acceptors (Lipinski definition) is 5. The average molecular weight is 295 g/mol. The number of nitrogen functional groups attached to an aromatic ring is 1. The number of pyridine rings is 1. The minimum absolute atomic E-state index is 0.00920. The Morgan fingerprint density at radius 3 is 2.71 bits per heavy atom. The first kappa shape index (κ1) is 15.7. The molecule has 0 bridgehead atoms. The van der Waals surface area contributed by atoms with Crippen LogP contribution in [-0.4, -0.2) is 52.9 Å². The molecule has 1 amide bonds. The summed E-state index contributed by atoms with van der Waals surface area (Å²) in [6, 6.07) is 1.90. The van der Waals surface area contributed by atoms with Crippen LogP contribution in [0.5, 0.6) is 0 Å². The molecular formula is C14H22FN5O. The molecule has 21 heavy (non-hydrogen) atoms. The highest BCUT2D eigenvalue weighted by Gasteiger charge is 2.26. The lowest BCUT2D eigenvalue weighted by molar-refractivity contribution is 0.0575. The van der Waals surface area contributed by atoms with Crippen molar-refractivity contribution < 1.29 is 9.18 Å². The van der Waals surface area contributed by atoms with E-state index < -0.39 is 5.82 Å². The molecule has 2 rings (SSSR count). The van der Waals surface area contributed by atoms with Gasteiger partial charge in [0.15, 0.2) is 11.6 Å². The number of hydrogen-bond donors (Lipinski definition) is 2. The van der Waals surface area contributed by atoms with Crippen molar-refractivity contribution in [1.29, 1.82) is 0 Å². The van der Waals surface area contributed by atoms with Gasteiger partial charge in [0.1, 0.15) is 0 Å². The van der Waals surface area contributed by atoms with Crippen LogP contribution in [0.15, 0.2) is 12.3 Å². The third-order valence-corrected chi connectivity index (χ3v) is 4.07. The van der Waals surface area contributed by atoms with Gasteiger partial charge in [0.05, 0.1) is 5.56 Å². The Bertz CT molecular complexity index is 502. The smallest absolute Gasteiger partial charge is 0.257 e. The number of nitrogens with zero attached hydrogens (tertiary/aromatic N) is 3. The topological polar surface area (TPSA) is 74.5 Å². The Hall–Kier alpha value is -1.73. The van der Waals surface area contributed by atoms with E-state index in [2.05, 4.69) is 29.2 Å². The number of hydrazine groups is 1. The number of aromatic nitrogens is 1. The summed E-state index contributed by atoms with van der Waals surface area (Å²) in [5.74, 6) is 4.06. The molecule has 1 aromatic rings. The Morgan fingerprint density at radius 2 is 2.14 bits per heavy atom. The van der Waals surface area contributed by atoms with Crippen LogP contribution >= 0.6 is 0 Å². The molecule has 1 aliphatic rings. The second-order valence-electron chi connectivity index (χ2n) is 5.25. The summed E-state index contributed by atoms with van der Waals surface area (Å²) < 4.78 is 14.1. The van der Waals surface area contributed by atoms with Gasteiger partial charge >= 0.3 is 0 Å². The fourth-order valence-corrected chi connectivity index (χ4v) is 2.50.